The third kappa shape index (κ3) is 2.39. The Morgan fingerprint density at radius 3 is 3.07 bits per heavy atom. The fourth-order valence-electron chi connectivity index (χ4n) is 1.72. The zero-order valence-electron chi connectivity index (χ0n) is 8.07. The molecular weight excluding hydrogens is 216 g/mol. The number of hydrogen-bond donors (Lipinski definition) is 2. The van der Waals surface area contributed by atoms with E-state index < -0.39 is 0 Å². The van der Waals surface area contributed by atoms with Gasteiger partial charge in [-0.05, 0) is 6.08 Å². The van der Waals surface area contributed by atoms with Crippen LogP contribution >= 0.6 is 23.5 Å². The van der Waals surface area contributed by atoms with Crippen LogP contribution in [0, 0.1) is 0 Å². The summed E-state index contributed by atoms with van der Waals surface area (Å²) in [7, 11) is 0. The highest BCUT2D eigenvalue weighted by Gasteiger charge is 2.28. The minimum Gasteiger partial charge on any atom is -0.496 e. The first-order valence-corrected chi connectivity index (χ1v) is 7.10. The van der Waals surface area contributed by atoms with E-state index in [9.17, 15) is 0 Å². The summed E-state index contributed by atoms with van der Waals surface area (Å²) < 4.78 is 5.56. The second-order valence-electron chi connectivity index (χ2n) is 3.37. The van der Waals surface area contributed by atoms with Gasteiger partial charge in [-0.2, -0.15) is 23.5 Å². The highest BCUT2D eigenvalue weighted by molar-refractivity contribution is 8.06. The van der Waals surface area contributed by atoms with E-state index >= 15 is 0 Å². The standard InChI is InChI=1S/C9H16N2OS2/c10-11-9(7-2-1-3-12-7)8-6-13-4-5-14-8/h2,8-9,11H,1,3-6,10H2. The summed E-state index contributed by atoms with van der Waals surface area (Å²) in [5.41, 5.74) is 2.89. The Morgan fingerprint density at radius 2 is 2.50 bits per heavy atom. The Morgan fingerprint density at radius 1 is 1.57 bits per heavy atom. The van der Waals surface area contributed by atoms with Crippen molar-refractivity contribution in [2.45, 2.75) is 17.7 Å². The first kappa shape index (κ1) is 10.7. The first-order valence-electron chi connectivity index (χ1n) is 4.90. The van der Waals surface area contributed by atoms with E-state index in [1.807, 2.05) is 23.5 Å². The second kappa shape index (κ2) is 5.30. The van der Waals surface area contributed by atoms with Gasteiger partial charge < -0.3 is 4.74 Å². The molecule has 1 fully saturated rings. The van der Waals surface area contributed by atoms with Crippen molar-refractivity contribution in [1.29, 1.82) is 0 Å². The molecule has 2 atom stereocenters. The van der Waals surface area contributed by atoms with Crippen LogP contribution < -0.4 is 11.3 Å². The Kier molecular flexibility index (Phi) is 4.04. The number of nitrogens with two attached hydrogens (primary N) is 1. The molecule has 14 heavy (non-hydrogen) atoms. The molecule has 1 saturated heterocycles. The lowest BCUT2D eigenvalue weighted by molar-refractivity contribution is 0.215. The summed E-state index contributed by atoms with van der Waals surface area (Å²) in [6, 6.07) is 0.204. The van der Waals surface area contributed by atoms with Crippen LogP contribution in [0.2, 0.25) is 0 Å². The van der Waals surface area contributed by atoms with E-state index in [0.717, 1.165) is 18.8 Å². The summed E-state index contributed by atoms with van der Waals surface area (Å²) in [4.78, 5) is 0. The quantitative estimate of drug-likeness (QED) is 0.561. The maximum atomic E-state index is 5.59. The minimum atomic E-state index is 0.204. The smallest absolute Gasteiger partial charge is 0.112 e. The molecule has 0 radical (unpaired) electrons. The van der Waals surface area contributed by atoms with Crippen LogP contribution in [-0.2, 0) is 4.74 Å². The largest absolute Gasteiger partial charge is 0.496 e. The van der Waals surface area contributed by atoms with Crippen molar-refractivity contribution >= 4 is 23.5 Å². The monoisotopic (exact) mass is 232 g/mol. The minimum absolute atomic E-state index is 0.204. The molecule has 0 saturated carbocycles. The highest BCUT2D eigenvalue weighted by Crippen LogP contribution is 2.30. The molecule has 2 aliphatic rings. The van der Waals surface area contributed by atoms with Crippen LogP contribution in [0.15, 0.2) is 11.8 Å². The van der Waals surface area contributed by atoms with Crippen LogP contribution in [0.25, 0.3) is 0 Å². The Bertz CT molecular complexity index is 217. The SMILES string of the molecule is NNC(C1=CCCO1)C1CSCCS1. The van der Waals surface area contributed by atoms with Gasteiger partial charge in [0.25, 0.3) is 0 Å². The third-order valence-corrected chi connectivity index (χ3v) is 5.30. The molecule has 2 heterocycles. The van der Waals surface area contributed by atoms with Gasteiger partial charge in [0.2, 0.25) is 0 Å². The van der Waals surface area contributed by atoms with Crippen molar-refractivity contribution in [1.82, 2.24) is 5.43 Å². The average Bonchev–Trinajstić information content (AvgIpc) is 2.74. The van der Waals surface area contributed by atoms with Gasteiger partial charge >= 0.3 is 0 Å². The lowest BCUT2D eigenvalue weighted by Crippen LogP contribution is -2.46. The van der Waals surface area contributed by atoms with Crippen molar-refractivity contribution < 1.29 is 4.74 Å². The Hall–Kier alpha value is 0.160. The Balaban J connectivity index is 1.96. The van der Waals surface area contributed by atoms with Crippen molar-refractivity contribution in [2.75, 3.05) is 23.9 Å². The number of ether oxygens (including phenoxy) is 1. The van der Waals surface area contributed by atoms with E-state index in [4.69, 9.17) is 10.6 Å². The molecule has 3 nitrogen and oxygen atoms in total. The van der Waals surface area contributed by atoms with Gasteiger partial charge in [0.1, 0.15) is 5.76 Å². The molecule has 5 heteroatoms. The second-order valence-corrected chi connectivity index (χ2v) is 5.87. The van der Waals surface area contributed by atoms with Crippen molar-refractivity contribution in [2.24, 2.45) is 5.84 Å². The fourth-order valence-corrected chi connectivity index (χ4v) is 4.55. The van der Waals surface area contributed by atoms with Gasteiger partial charge in [-0.1, -0.05) is 0 Å². The normalized spacial score (nSPS) is 29.5. The molecule has 0 aromatic rings. The van der Waals surface area contributed by atoms with Gasteiger partial charge in [0.15, 0.2) is 0 Å². The van der Waals surface area contributed by atoms with Gasteiger partial charge in [0, 0.05) is 28.9 Å². The van der Waals surface area contributed by atoms with E-state index in [1.54, 1.807) is 0 Å². The molecule has 2 aliphatic heterocycles. The number of thioether (sulfide) groups is 2. The predicted molar refractivity (Wildman–Crippen MR) is 63.3 cm³/mol. The van der Waals surface area contributed by atoms with Crippen LogP contribution in [0.3, 0.4) is 0 Å². The molecule has 2 rings (SSSR count). The maximum absolute atomic E-state index is 5.59. The van der Waals surface area contributed by atoms with Gasteiger partial charge in [-0.25, -0.2) is 5.43 Å². The number of hydrazine groups is 1. The topological polar surface area (TPSA) is 47.3 Å². The van der Waals surface area contributed by atoms with Gasteiger partial charge in [-0.15, -0.1) is 0 Å². The van der Waals surface area contributed by atoms with Crippen molar-refractivity contribution in [3.8, 4) is 0 Å². The zero-order valence-corrected chi connectivity index (χ0v) is 9.70. The molecule has 0 amide bonds. The summed E-state index contributed by atoms with van der Waals surface area (Å²) in [6.07, 6.45) is 3.18. The number of nitrogens with one attached hydrogen (secondary N) is 1. The van der Waals surface area contributed by atoms with Crippen LogP contribution in [-0.4, -0.2) is 35.2 Å². The molecule has 3 N–H and O–H groups in total. The van der Waals surface area contributed by atoms with E-state index in [1.165, 1.54) is 17.3 Å². The first-order chi connectivity index (χ1) is 6.92. The lowest BCUT2D eigenvalue weighted by Gasteiger charge is -2.29. The molecule has 0 bridgehead atoms. The molecule has 0 aromatic heterocycles. The summed E-state index contributed by atoms with van der Waals surface area (Å²) >= 11 is 4.00. The Labute approximate surface area is 93.2 Å². The van der Waals surface area contributed by atoms with Gasteiger partial charge in [-0.3, -0.25) is 5.84 Å². The summed E-state index contributed by atoms with van der Waals surface area (Å²) in [5, 5.41) is 0.558. The molecule has 80 valence electrons. The third-order valence-electron chi connectivity index (χ3n) is 2.43. The maximum Gasteiger partial charge on any atom is 0.112 e. The van der Waals surface area contributed by atoms with Gasteiger partial charge in [0.05, 0.1) is 12.6 Å². The molecule has 0 aliphatic carbocycles. The van der Waals surface area contributed by atoms with Crippen LogP contribution in [0.4, 0.5) is 0 Å². The highest BCUT2D eigenvalue weighted by atomic mass is 32.2. The van der Waals surface area contributed by atoms with Crippen molar-refractivity contribution in [3.05, 3.63) is 11.8 Å². The number of rotatable bonds is 3. The summed E-state index contributed by atoms with van der Waals surface area (Å²) in [6.45, 7) is 0.818. The molecule has 0 aromatic carbocycles. The van der Waals surface area contributed by atoms with E-state index in [0.29, 0.717) is 5.25 Å². The molecule has 0 spiro atoms. The average molecular weight is 232 g/mol. The van der Waals surface area contributed by atoms with E-state index in [-0.39, 0.29) is 6.04 Å². The number of hydrogen-bond acceptors (Lipinski definition) is 5. The zero-order chi connectivity index (χ0) is 9.80. The van der Waals surface area contributed by atoms with Crippen molar-refractivity contribution in [3.63, 3.8) is 0 Å². The summed E-state index contributed by atoms with van der Waals surface area (Å²) in [5.74, 6) is 10.3. The lowest BCUT2D eigenvalue weighted by atomic mass is 10.2. The fraction of sp³-hybridized carbons (Fsp3) is 0.778. The predicted octanol–water partition coefficient (Wildman–Crippen LogP) is 0.971. The van der Waals surface area contributed by atoms with Crippen LogP contribution in [0.1, 0.15) is 6.42 Å². The van der Waals surface area contributed by atoms with E-state index in [2.05, 4.69) is 11.5 Å². The van der Waals surface area contributed by atoms with Crippen LogP contribution in [0.5, 0.6) is 0 Å². The molecule has 2 unspecified atom stereocenters. The molecular formula is C9H16N2OS2.